The Hall–Kier alpha value is -2.66. The average molecular weight is 366 g/mol. The predicted molar refractivity (Wildman–Crippen MR) is 110 cm³/mol. The SMILES string of the molecule is C=CCn1c(=NC(=O)c2ccc(N(CC)CC)cc2)sc2ccccc21. The van der Waals surface area contributed by atoms with Crippen molar-refractivity contribution in [1.82, 2.24) is 4.57 Å². The van der Waals surface area contributed by atoms with Gasteiger partial charge in [0, 0.05) is 30.9 Å². The molecule has 1 heterocycles. The molecule has 26 heavy (non-hydrogen) atoms. The Morgan fingerprint density at radius 3 is 2.50 bits per heavy atom. The third-order valence-electron chi connectivity index (χ3n) is 4.34. The van der Waals surface area contributed by atoms with E-state index in [4.69, 9.17) is 0 Å². The second-order valence-corrected chi connectivity index (χ2v) is 6.90. The molecular formula is C21H23N3OS. The largest absolute Gasteiger partial charge is 0.372 e. The third kappa shape index (κ3) is 3.63. The van der Waals surface area contributed by atoms with Crippen molar-refractivity contribution in [2.24, 2.45) is 4.99 Å². The Morgan fingerprint density at radius 2 is 1.85 bits per heavy atom. The summed E-state index contributed by atoms with van der Waals surface area (Å²) in [6.07, 6.45) is 1.82. The predicted octanol–water partition coefficient (Wildman–Crippen LogP) is 4.48. The van der Waals surface area contributed by atoms with Crippen molar-refractivity contribution >= 4 is 33.1 Å². The highest BCUT2D eigenvalue weighted by Gasteiger charge is 2.09. The monoisotopic (exact) mass is 365 g/mol. The van der Waals surface area contributed by atoms with E-state index in [-0.39, 0.29) is 5.91 Å². The lowest BCUT2D eigenvalue weighted by Gasteiger charge is -2.20. The number of hydrogen-bond donors (Lipinski definition) is 0. The van der Waals surface area contributed by atoms with Crippen LogP contribution in [0.2, 0.25) is 0 Å². The minimum Gasteiger partial charge on any atom is -0.372 e. The number of anilines is 1. The first-order chi connectivity index (χ1) is 12.7. The number of rotatable bonds is 6. The van der Waals surface area contributed by atoms with E-state index in [1.807, 2.05) is 59.2 Å². The van der Waals surface area contributed by atoms with Crippen LogP contribution in [0.4, 0.5) is 5.69 Å². The van der Waals surface area contributed by atoms with Crippen molar-refractivity contribution < 1.29 is 4.79 Å². The molecule has 0 aliphatic heterocycles. The molecule has 1 aromatic heterocycles. The Balaban J connectivity index is 1.97. The molecule has 0 aliphatic rings. The molecule has 0 N–H and O–H groups in total. The maximum Gasteiger partial charge on any atom is 0.279 e. The van der Waals surface area contributed by atoms with E-state index in [9.17, 15) is 4.79 Å². The fraction of sp³-hybridized carbons (Fsp3) is 0.238. The van der Waals surface area contributed by atoms with Crippen LogP contribution in [0.15, 0.2) is 66.2 Å². The molecule has 3 aromatic rings. The van der Waals surface area contributed by atoms with E-state index < -0.39 is 0 Å². The summed E-state index contributed by atoms with van der Waals surface area (Å²) in [5, 5.41) is 0. The first-order valence-corrected chi connectivity index (χ1v) is 9.63. The number of carbonyl (C=O) groups excluding carboxylic acids is 1. The van der Waals surface area contributed by atoms with Gasteiger partial charge in [0.15, 0.2) is 4.80 Å². The number of hydrogen-bond acceptors (Lipinski definition) is 3. The van der Waals surface area contributed by atoms with Gasteiger partial charge in [-0.25, -0.2) is 0 Å². The summed E-state index contributed by atoms with van der Waals surface area (Å²) >= 11 is 1.52. The summed E-state index contributed by atoms with van der Waals surface area (Å²) in [6.45, 7) is 10.6. The molecule has 0 unspecified atom stereocenters. The van der Waals surface area contributed by atoms with Gasteiger partial charge < -0.3 is 9.47 Å². The molecule has 2 aromatic carbocycles. The van der Waals surface area contributed by atoms with Gasteiger partial charge in [0.2, 0.25) is 0 Å². The first kappa shape index (κ1) is 18.1. The number of fused-ring (bicyclic) bond motifs is 1. The summed E-state index contributed by atoms with van der Waals surface area (Å²) < 4.78 is 3.13. The van der Waals surface area contributed by atoms with Gasteiger partial charge in [0.1, 0.15) is 0 Å². The molecule has 1 amide bonds. The van der Waals surface area contributed by atoms with Crippen LogP contribution in [0.3, 0.4) is 0 Å². The highest BCUT2D eigenvalue weighted by molar-refractivity contribution is 7.16. The van der Waals surface area contributed by atoms with Crippen LogP contribution in [0, 0.1) is 0 Å². The number of amides is 1. The van der Waals surface area contributed by atoms with Crippen LogP contribution < -0.4 is 9.70 Å². The van der Waals surface area contributed by atoms with Gasteiger partial charge in [-0.2, -0.15) is 4.99 Å². The molecule has 0 bridgehead atoms. The van der Waals surface area contributed by atoms with Gasteiger partial charge in [-0.15, -0.1) is 6.58 Å². The summed E-state index contributed by atoms with van der Waals surface area (Å²) in [6, 6.07) is 15.7. The fourth-order valence-corrected chi connectivity index (χ4v) is 4.00. The lowest BCUT2D eigenvalue weighted by Crippen LogP contribution is -2.21. The molecule has 3 rings (SSSR count). The zero-order valence-electron chi connectivity index (χ0n) is 15.2. The van der Waals surface area contributed by atoms with Crippen LogP contribution in [0.1, 0.15) is 24.2 Å². The second kappa shape index (κ2) is 8.15. The Kier molecular flexibility index (Phi) is 5.68. The molecule has 134 valence electrons. The van der Waals surface area contributed by atoms with E-state index in [2.05, 4.69) is 30.3 Å². The number of carbonyl (C=O) groups is 1. The molecule has 0 atom stereocenters. The van der Waals surface area contributed by atoms with E-state index in [0.29, 0.717) is 16.9 Å². The summed E-state index contributed by atoms with van der Waals surface area (Å²) in [5.74, 6) is -0.222. The van der Waals surface area contributed by atoms with Gasteiger partial charge >= 0.3 is 0 Å². The Bertz CT molecular complexity index is 978. The number of nitrogens with zero attached hydrogens (tertiary/aromatic N) is 3. The van der Waals surface area contributed by atoms with Crippen molar-refractivity contribution in [3.8, 4) is 0 Å². The summed E-state index contributed by atoms with van der Waals surface area (Å²) in [5.41, 5.74) is 2.79. The van der Waals surface area contributed by atoms with E-state index >= 15 is 0 Å². The average Bonchev–Trinajstić information content (AvgIpc) is 3.01. The maximum atomic E-state index is 12.7. The van der Waals surface area contributed by atoms with Crippen LogP contribution in [0.5, 0.6) is 0 Å². The van der Waals surface area contributed by atoms with Gasteiger partial charge in [0.25, 0.3) is 5.91 Å². The van der Waals surface area contributed by atoms with E-state index in [1.54, 1.807) is 0 Å². The van der Waals surface area contributed by atoms with Crippen LogP contribution in [0.25, 0.3) is 10.2 Å². The highest BCUT2D eigenvalue weighted by Crippen LogP contribution is 2.18. The molecular weight excluding hydrogens is 342 g/mol. The Labute approximate surface area is 157 Å². The minimum absolute atomic E-state index is 0.222. The molecule has 0 saturated carbocycles. The number of thiazole rings is 1. The zero-order chi connectivity index (χ0) is 18.5. The smallest absolute Gasteiger partial charge is 0.279 e. The molecule has 5 heteroatoms. The van der Waals surface area contributed by atoms with Crippen molar-refractivity contribution in [3.63, 3.8) is 0 Å². The number of allylic oxidation sites excluding steroid dienone is 1. The molecule has 0 fully saturated rings. The number of para-hydroxylation sites is 1. The molecule has 4 nitrogen and oxygen atoms in total. The van der Waals surface area contributed by atoms with Crippen molar-refractivity contribution in [2.45, 2.75) is 20.4 Å². The topological polar surface area (TPSA) is 37.6 Å². The molecule has 0 aliphatic carbocycles. The van der Waals surface area contributed by atoms with Crippen molar-refractivity contribution in [3.05, 3.63) is 71.6 Å². The lowest BCUT2D eigenvalue weighted by atomic mass is 10.2. The third-order valence-corrected chi connectivity index (χ3v) is 5.40. The maximum absolute atomic E-state index is 12.7. The quantitative estimate of drug-likeness (QED) is 0.604. The molecule has 0 radical (unpaired) electrons. The minimum atomic E-state index is -0.222. The highest BCUT2D eigenvalue weighted by atomic mass is 32.1. The van der Waals surface area contributed by atoms with E-state index in [0.717, 1.165) is 29.0 Å². The van der Waals surface area contributed by atoms with E-state index in [1.165, 1.54) is 11.3 Å². The fourth-order valence-electron chi connectivity index (χ4n) is 2.97. The summed E-state index contributed by atoms with van der Waals surface area (Å²) in [4.78, 5) is 20.0. The molecule has 0 spiro atoms. The standard InChI is InChI=1S/C21H23N3OS/c1-4-15-24-18-9-7-8-10-19(18)26-21(24)22-20(25)16-11-13-17(14-12-16)23(5-2)6-3/h4,7-14H,1,5-6,15H2,2-3H3. The lowest BCUT2D eigenvalue weighted by molar-refractivity contribution is 0.0998. The van der Waals surface area contributed by atoms with Gasteiger partial charge in [0.05, 0.1) is 10.2 Å². The van der Waals surface area contributed by atoms with Crippen LogP contribution in [-0.4, -0.2) is 23.6 Å². The van der Waals surface area contributed by atoms with Crippen molar-refractivity contribution in [2.75, 3.05) is 18.0 Å². The summed E-state index contributed by atoms with van der Waals surface area (Å²) in [7, 11) is 0. The normalized spacial score (nSPS) is 11.7. The van der Waals surface area contributed by atoms with Gasteiger partial charge in [-0.1, -0.05) is 29.5 Å². The number of aromatic nitrogens is 1. The Morgan fingerprint density at radius 1 is 1.15 bits per heavy atom. The van der Waals surface area contributed by atoms with Gasteiger partial charge in [-0.05, 0) is 50.2 Å². The van der Waals surface area contributed by atoms with Crippen molar-refractivity contribution in [1.29, 1.82) is 0 Å². The van der Waals surface area contributed by atoms with Crippen LogP contribution >= 0.6 is 11.3 Å². The second-order valence-electron chi connectivity index (χ2n) is 5.89. The molecule has 0 saturated heterocycles. The zero-order valence-corrected chi connectivity index (χ0v) is 16.0. The van der Waals surface area contributed by atoms with Crippen LogP contribution in [-0.2, 0) is 6.54 Å². The number of benzene rings is 2. The first-order valence-electron chi connectivity index (χ1n) is 8.81. The van der Waals surface area contributed by atoms with Gasteiger partial charge in [-0.3, -0.25) is 4.79 Å².